The maximum atomic E-state index is 14.7. The summed E-state index contributed by atoms with van der Waals surface area (Å²) in [6, 6.07) is 0.809. The number of halogens is 5. The molecule has 1 unspecified atom stereocenters. The topological polar surface area (TPSA) is 96.4 Å². The SMILES string of the molecule is CS(=O)(=O)c1cc(C(=O)N2[C@@H](C(=O)NC(c3cc(F)c(C(F)(F)F)cc3F)C3CC3)C[C@H]3C[C@H]32)ccn1. The molecule has 37 heavy (non-hydrogen) atoms. The van der Waals surface area contributed by atoms with Crippen LogP contribution < -0.4 is 5.32 Å². The lowest BCUT2D eigenvalue weighted by Crippen LogP contribution is -2.49. The number of amides is 2. The summed E-state index contributed by atoms with van der Waals surface area (Å²) in [6.07, 6.45) is -0.804. The zero-order valence-electron chi connectivity index (χ0n) is 19.4. The highest BCUT2D eigenvalue weighted by atomic mass is 32.2. The second kappa shape index (κ2) is 8.74. The lowest BCUT2D eigenvalue weighted by molar-refractivity contribution is -0.140. The third-order valence-electron chi connectivity index (χ3n) is 7.12. The molecule has 1 saturated heterocycles. The summed E-state index contributed by atoms with van der Waals surface area (Å²) in [5.74, 6) is -4.33. The minimum absolute atomic E-state index is 0.0374. The van der Waals surface area contributed by atoms with Gasteiger partial charge in [-0.1, -0.05) is 0 Å². The molecular weight excluding hydrogens is 521 g/mol. The lowest BCUT2D eigenvalue weighted by Gasteiger charge is -2.29. The molecule has 4 atom stereocenters. The van der Waals surface area contributed by atoms with Crippen molar-refractivity contribution in [3.63, 3.8) is 0 Å². The van der Waals surface area contributed by atoms with Gasteiger partial charge in [-0.15, -0.1) is 0 Å². The first kappa shape index (κ1) is 25.6. The molecule has 1 aliphatic heterocycles. The van der Waals surface area contributed by atoms with E-state index in [2.05, 4.69) is 10.3 Å². The minimum atomic E-state index is -5.07. The normalized spacial score (nSPS) is 23.9. The zero-order chi connectivity index (χ0) is 26.9. The number of hydrogen-bond acceptors (Lipinski definition) is 5. The lowest BCUT2D eigenvalue weighted by atomic mass is 9.98. The molecule has 198 valence electrons. The molecule has 0 bridgehead atoms. The molecule has 2 amide bonds. The molecule has 3 aliphatic rings. The van der Waals surface area contributed by atoms with Crippen LogP contribution in [-0.4, -0.2) is 48.5 Å². The number of alkyl halides is 3. The van der Waals surface area contributed by atoms with Gasteiger partial charge in [-0.05, 0) is 61.8 Å². The molecule has 2 aromatic rings. The van der Waals surface area contributed by atoms with Gasteiger partial charge in [-0.3, -0.25) is 9.59 Å². The van der Waals surface area contributed by atoms with E-state index in [1.54, 1.807) is 0 Å². The number of likely N-dealkylation sites (tertiary alicyclic amines) is 1. The van der Waals surface area contributed by atoms with Crippen molar-refractivity contribution in [3.05, 3.63) is 58.8 Å². The number of benzene rings is 1. The molecule has 5 rings (SSSR count). The quantitative estimate of drug-likeness (QED) is 0.562. The Bertz CT molecular complexity index is 1390. The van der Waals surface area contributed by atoms with E-state index in [1.165, 1.54) is 17.2 Å². The van der Waals surface area contributed by atoms with Gasteiger partial charge in [0.1, 0.15) is 17.7 Å². The Hall–Kier alpha value is -3.09. The molecule has 2 heterocycles. The molecule has 2 aliphatic carbocycles. The Kier molecular flexibility index (Phi) is 6.04. The van der Waals surface area contributed by atoms with Crippen LogP contribution in [-0.2, 0) is 20.8 Å². The van der Waals surface area contributed by atoms with Gasteiger partial charge in [0.15, 0.2) is 14.9 Å². The first-order valence-corrected chi connectivity index (χ1v) is 13.5. The van der Waals surface area contributed by atoms with Crippen molar-refractivity contribution in [1.29, 1.82) is 0 Å². The van der Waals surface area contributed by atoms with E-state index in [0.29, 0.717) is 31.7 Å². The average Bonchev–Trinajstić information content (AvgIpc) is 3.75. The van der Waals surface area contributed by atoms with Gasteiger partial charge in [0.25, 0.3) is 5.91 Å². The Labute approximate surface area is 209 Å². The monoisotopic (exact) mass is 543 g/mol. The largest absolute Gasteiger partial charge is 0.419 e. The number of sulfone groups is 1. The Morgan fingerprint density at radius 3 is 2.43 bits per heavy atom. The number of fused-ring (bicyclic) bond motifs is 1. The number of aromatic nitrogens is 1. The van der Waals surface area contributed by atoms with E-state index < -0.39 is 57.1 Å². The number of pyridine rings is 1. The van der Waals surface area contributed by atoms with Crippen LogP contribution in [0.1, 0.15) is 53.2 Å². The number of carbonyl (C=O) groups is 2. The van der Waals surface area contributed by atoms with Gasteiger partial charge in [0, 0.05) is 29.6 Å². The van der Waals surface area contributed by atoms with E-state index in [4.69, 9.17) is 0 Å². The van der Waals surface area contributed by atoms with Gasteiger partial charge >= 0.3 is 6.18 Å². The van der Waals surface area contributed by atoms with E-state index in [9.17, 15) is 40.0 Å². The van der Waals surface area contributed by atoms with Gasteiger partial charge in [0.2, 0.25) is 5.91 Å². The van der Waals surface area contributed by atoms with E-state index in [1.807, 2.05) is 0 Å². The van der Waals surface area contributed by atoms with Gasteiger partial charge in [0.05, 0.1) is 11.6 Å². The second-order valence-corrected chi connectivity index (χ2v) is 11.8. The molecule has 7 nitrogen and oxygen atoms in total. The van der Waals surface area contributed by atoms with Crippen molar-refractivity contribution in [2.45, 2.75) is 55.0 Å². The number of rotatable bonds is 6. The second-order valence-electron chi connectivity index (χ2n) is 9.86. The summed E-state index contributed by atoms with van der Waals surface area (Å²) in [6.45, 7) is 0. The molecule has 0 spiro atoms. The fourth-order valence-corrected chi connectivity index (χ4v) is 5.62. The molecule has 13 heteroatoms. The van der Waals surface area contributed by atoms with Gasteiger partial charge in [-0.25, -0.2) is 22.2 Å². The maximum absolute atomic E-state index is 14.7. The molecule has 1 N–H and O–H groups in total. The summed E-state index contributed by atoms with van der Waals surface area (Å²) in [5.41, 5.74) is -2.07. The summed E-state index contributed by atoms with van der Waals surface area (Å²) in [4.78, 5) is 31.8. The number of hydrogen-bond donors (Lipinski definition) is 1. The first-order chi connectivity index (χ1) is 17.3. The van der Waals surface area contributed by atoms with Crippen LogP contribution in [0.3, 0.4) is 0 Å². The van der Waals surface area contributed by atoms with Crippen LogP contribution >= 0.6 is 0 Å². The average molecular weight is 544 g/mol. The van der Waals surface area contributed by atoms with Crippen molar-refractivity contribution in [1.82, 2.24) is 15.2 Å². The summed E-state index contributed by atoms with van der Waals surface area (Å²) in [7, 11) is -3.68. The van der Waals surface area contributed by atoms with Crippen LogP contribution in [0.25, 0.3) is 0 Å². The zero-order valence-corrected chi connectivity index (χ0v) is 20.2. The molecule has 3 fully saturated rings. The predicted octanol–water partition coefficient (Wildman–Crippen LogP) is 3.65. The highest BCUT2D eigenvalue weighted by molar-refractivity contribution is 7.90. The van der Waals surface area contributed by atoms with Crippen molar-refractivity contribution in [2.75, 3.05) is 6.26 Å². The molecular formula is C24H22F5N3O4S. The standard InChI is InChI=1S/C24H22F5N3O4S/c1-37(35,36)20-8-12(4-5-30-20)23(34)32-18-6-13(18)7-19(32)22(33)31-21(11-2-3-11)14-9-17(26)15(10-16(14)25)24(27,28)29/h4-5,8-11,13,18-19,21H,2-3,6-7H2,1H3,(H,31,33)/t13-,18-,19-,21?/m1/s1. The minimum Gasteiger partial charge on any atom is -0.347 e. The van der Waals surface area contributed by atoms with Gasteiger partial charge in [-0.2, -0.15) is 13.2 Å². The van der Waals surface area contributed by atoms with Crippen LogP contribution in [0.5, 0.6) is 0 Å². The van der Waals surface area contributed by atoms with E-state index >= 15 is 0 Å². The molecule has 2 saturated carbocycles. The molecule has 0 radical (unpaired) electrons. The first-order valence-electron chi connectivity index (χ1n) is 11.6. The fraction of sp³-hybridized carbons (Fsp3) is 0.458. The van der Waals surface area contributed by atoms with Crippen LogP contribution in [0.4, 0.5) is 22.0 Å². The van der Waals surface area contributed by atoms with Crippen molar-refractivity contribution >= 4 is 21.7 Å². The fourth-order valence-electron chi connectivity index (χ4n) is 5.02. The number of carbonyl (C=O) groups excluding carboxylic acids is 2. The predicted molar refractivity (Wildman–Crippen MR) is 119 cm³/mol. The van der Waals surface area contributed by atoms with Crippen molar-refractivity contribution in [3.8, 4) is 0 Å². The van der Waals surface area contributed by atoms with Crippen LogP contribution in [0.2, 0.25) is 0 Å². The van der Waals surface area contributed by atoms with E-state index in [-0.39, 0.29) is 40.1 Å². The van der Waals surface area contributed by atoms with Crippen LogP contribution in [0, 0.1) is 23.5 Å². The van der Waals surface area contributed by atoms with Crippen LogP contribution in [0.15, 0.2) is 35.5 Å². The third-order valence-corrected chi connectivity index (χ3v) is 8.10. The highest BCUT2D eigenvalue weighted by Crippen LogP contribution is 2.49. The molecule has 1 aromatic heterocycles. The summed E-state index contributed by atoms with van der Waals surface area (Å²) < 4.78 is 91.6. The Balaban J connectivity index is 1.40. The van der Waals surface area contributed by atoms with Crippen molar-refractivity contribution in [2.24, 2.45) is 11.8 Å². The number of nitrogens with one attached hydrogen (secondary N) is 1. The maximum Gasteiger partial charge on any atom is 0.419 e. The third kappa shape index (κ3) is 4.92. The van der Waals surface area contributed by atoms with Crippen molar-refractivity contribution < 1.29 is 40.0 Å². The Morgan fingerprint density at radius 2 is 1.81 bits per heavy atom. The number of piperidine rings is 1. The van der Waals surface area contributed by atoms with Gasteiger partial charge < -0.3 is 10.2 Å². The van der Waals surface area contributed by atoms with E-state index in [0.717, 1.165) is 12.3 Å². The molecule has 1 aromatic carbocycles. The number of nitrogens with zero attached hydrogens (tertiary/aromatic N) is 2. The summed E-state index contributed by atoms with van der Waals surface area (Å²) in [5, 5.41) is 2.36. The Morgan fingerprint density at radius 1 is 1.11 bits per heavy atom. The highest BCUT2D eigenvalue weighted by Gasteiger charge is 2.56. The summed E-state index contributed by atoms with van der Waals surface area (Å²) >= 11 is 0. The smallest absolute Gasteiger partial charge is 0.347 e.